The Morgan fingerprint density at radius 1 is 1.08 bits per heavy atom. The lowest BCUT2D eigenvalue weighted by molar-refractivity contribution is -0.152. The molecule has 0 saturated heterocycles. The van der Waals surface area contributed by atoms with Gasteiger partial charge in [0.25, 0.3) is 0 Å². The highest BCUT2D eigenvalue weighted by Gasteiger charge is 2.39. The van der Waals surface area contributed by atoms with Crippen molar-refractivity contribution in [1.29, 1.82) is 5.26 Å². The third-order valence-corrected chi connectivity index (χ3v) is 3.44. The molecule has 0 aliphatic heterocycles. The zero-order chi connectivity index (χ0) is 17.5. The van der Waals surface area contributed by atoms with Crippen molar-refractivity contribution in [2.75, 3.05) is 0 Å². The Balaban J connectivity index is 2.40. The fourth-order valence-electron chi connectivity index (χ4n) is 2.36. The molecule has 1 heterocycles. The normalized spacial score (nSPS) is 11.4. The molecule has 1 aromatic heterocycles. The third kappa shape index (κ3) is 2.58. The first kappa shape index (κ1) is 15.6. The van der Waals surface area contributed by atoms with Crippen LogP contribution in [0.5, 0.6) is 5.75 Å². The van der Waals surface area contributed by atoms with Gasteiger partial charge in [-0.2, -0.15) is 18.4 Å². The molecule has 0 amide bonds. The number of nitriles is 1. The molecule has 0 fully saturated rings. The van der Waals surface area contributed by atoms with Crippen molar-refractivity contribution in [3.8, 4) is 22.9 Å². The fraction of sp³-hybridized carbons (Fsp3) is 0.0588. The quantitative estimate of drug-likeness (QED) is 0.730. The van der Waals surface area contributed by atoms with Gasteiger partial charge in [-0.1, -0.05) is 12.1 Å². The van der Waals surface area contributed by atoms with E-state index in [0.29, 0.717) is 0 Å². The molecule has 1 N–H and O–H groups in total. The average molecular weight is 331 g/mol. The van der Waals surface area contributed by atoms with Crippen LogP contribution >= 0.6 is 0 Å². The van der Waals surface area contributed by atoms with Crippen molar-refractivity contribution in [3.05, 3.63) is 64.0 Å². The van der Waals surface area contributed by atoms with E-state index < -0.39 is 22.9 Å². The van der Waals surface area contributed by atoms with E-state index in [1.807, 2.05) is 6.07 Å². The number of phenolic OH excluding ortho intramolecular Hbond substituents is 1. The van der Waals surface area contributed by atoms with Crippen LogP contribution in [0.1, 0.15) is 11.3 Å². The molecule has 0 saturated carbocycles. The Kier molecular flexibility index (Phi) is 3.53. The van der Waals surface area contributed by atoms with Gasteiger partial charge in [0.1, 0.15) is 11.3 Å². The monoisotopic (exact) mass is 331 g/mol. The van der Waals surface area contributed by atoms with E-state index in [4.69, 9.17) is 9.68 Å². The lowest BCUT2D eigenvalue weighted by Gasteiger charge is -2.12. The highest BCUT2D eigenvalue weighted by molar-refractivity contribution is 5.84. The number of alkyl halides is 3. The second kappa shape index (κ2) is 5.42. The SMILES string of the molecule is N#Cc1ccc(-c2c(C(F)(F)F)oc3cc(O)ccc3c2=O)cc1. The van der Waals surface area contributed by atoms with E-state index in [0.717, 1.165) is 6.07 Å². The Morgan fingerprint density at radius 3 is 2.33 bits per heavy atom. The van der Waals surface area contributed by atoms with E-state index in [-0.39, 0.29) is 27.8 Å². The molecule has 7 heteroatoms. The maximum absolute atomic E-state index is 13.3. The van der Waals surface area contributed by atoms with Gasteiger partial charge in [0.2, 0.25) is 11.2 Å². The van der Waals surface area contributed by atoms with Gasteiger partial charge in [0, 0.05) is 6.07 Å². The number of nitrogens with zero attached hydrogens (tertiary/aromatic N) is 1. The van der Waals surface area contributed by atoms with Gasteiger partial charge in [0.05, 0.1) is 22.6 Å². The number of hydrogen-bond acceptors (Lipinski definition) is 4. The minimum atomic E-state index is -4.90. The summed E-state index contributed by atoms with van der Waals surface area (Å²) in [5.41, 5.74) is -1.62. The molecule has 0 bridgehead atoms. The maximum atomic E-state index is 13.3. The van der Waals surface area contributed by atoms with Gasteiger partial charge in [-0.15, -0.1) is 0 Å². The molecule has 24 heavy (non-hydrogen) atoms. The molecule has 2 aromatic carbocycles. The lowest BCUT2D eigenvalue weighted by atomic mass is 10.0. The molecular weight excluding hydrogens is 323 g/mol. The molecule has 0 unspecified atom stereocenters. The first-order valence-electron chi connectivity index (χ1n) is 6.69. The Hall–Kier alpha value is -3.27. The van der Waals surface area contributed by atoms with Crippen LogP contribution in [-0.4, -0.2) is 5.11 Å². The van der Waals surface area contributed by atoms with Gasteiger partial charge in [0.15, 0.2) is 0 Å². The van der Waals surface area contributed by atoms with Crippen LogP contribution in [-0.2, 0) is 6.18 Å². The summed E-state index contributed by atoms with van der Waals surface area (Å²) in [5, 5.41) is 18.1. The van der Waals surface area contributed by atoms with Crippen LogP contribution in [0.15, 0.2) is 51.7 Å². The lowest BCUT2D eigenvalue weighted by Crippen LogP contribution is -2.16. The number of benzene rings is 2. The van der Waals surface area contributed by atoms with E-state index in [2.05, 4.69) is 0 Å². The summed E-state index contributed by atoms with van der Waals surface area (Å²) in [5.74, 6) is -1.76. The summed E-state index contributed by atoms with van der Waals surface area (Å²) < 4.78 is 44.9. The zero-order valence-corrected chi connectivity index (χ0v) is 11.9. The zero-order valence-electron chi connectivity index (χ0n) is 11.9. The highest BCUT2D eigenvalue weighted by Crippen LogP contribution is 2.37. The summed E-state index contributed by atoms with van der Waals surface area (Å²) in [6.07, 6.45) is -4.90. The predicted molar refractivity (Wildman–Crippen MR) is 79.3 cm³/mol. The summed E-state index contributed by atoms with van der Waals surface area (Å²) in [7, 11) is 0. The summed E-state index contributed by atoms with van der Waals surface area (Å²) in [4.78, 5) is 12.6. The number of hydrogen-bond donors (Lipinski definition) is 1. The molecule has 0 spiro atoms. The van der Waals surface area contributed by atoms with Gasteiger partial charge in [-0.05, 0) is 29.8 Å². The Morgan fingerprint density at radius 2 is 1.75 bits per heavy atom. The standard InChI is InChI=1S/C17H8F3NO3/c18-17(19,20)16-14(10-3-1-9(8-21)2-4-10)15(23)12-6-5-11(22)7-13(12)24-16/h1-7,22H. The Bertz CT molecular complexity index is 1030. The summed E-state index contributed by atoms with van der Waals surface area (Å²) in [6.45, 7) is 0. The average Bonchev–Trinajstić information content (AvgIpc) is 2.53. The van der Waals surface area contributed by atoms with Crippen LogP contribution in [0.3, 0.4) is 0 Å². The van der Waals surface area contributed by atoms with Crippen molar-refractivity contribution < 1.29 is 22.7 Å². The van der Waals surface area contributed by atoms with Crippen molar-refractivity contribution in [2.45, 2.75) is 6.18 Å². The van der Waals surface area contributed by atoms with E-state index in [1.54, 1.807) is 0 Å². The molecule has 120 valence electrons. The van der Waals surface area contributed by atoms with Gasteiger partial charge >= 0.3 is 6.18 Å². The van der Waals surface area contributed by atoms with E-state index >= 15 is 0 Å². The molecule has 3 aromatic rings. The molecule has 0 aliphatic carbocycles. The van der Waals surface area contributed by atoms with Crippen molar-refractivity contribution in [1.82, 2.24) is 0 Å². The molecule has 4 nitrogen and oxygen atoms in total. The van der Waals surface area contributed by atoms with Crippen LogP contribution < -0.4 is 5.43 Å². The molecule has 0 radical (unpaired) electrons. The molecular formula is C17H8F3NO3. The third-order valence-electron chi connectivity index (χ3n) is 3.44. The molecule has 0 atom stereocenters. The molecule has 3 rings (SSSR count). The topological polar surface area (TPSA) is 74.2 Å². The van der Waals surface area contributed by atoms with Crippen molar-refractivity contribution >= 4 is 11.0 Å². The highest BCUT2D eigenvalue weighted by atomic mass is 19.4. The number of phenols is 1. The summed E-state index contributed by atoms with van der Waals surface area (Å²) in [6, 6.07) is 10.3. The van der Waals surface area contributed by atoms with Crippen LogP contribution in [0.25, 0.3) is 22.1 Å². The number of rotatable bonds is 1. The van der Waals surface area contributed by atoms with Gasteiger partial charge < -0.3 is 9.52 Å². The first-order valence-corrected chi connectivity index (χ1v) is 6.69. The maximum Gasteiger partial charge on any atom is 0.450 e. The van der Waals surface area contributed by atoms with E-state index in [9.17, 15) is 23.1 Å². The van der Waals surface area contributed by atoms with Gasteiger partial charge in [-0.25, -0.2) is 0 Å². The van der Waals surface area contributed by atoms with Crippen LogP contribution in [0.2, 0.25) is 0 Å². The van der Waals surface area contributed by atoms with Crippen LogP contribution in [0.4, 0.5) is 13.2 Å². The fourth-order valence-corrected chi connectivity index (χ4v) is 2.36. The number of fused-ring (bicyclic) bond motifs is 1. The predicted octanol–water partition coefficient (Wildman–Crippen LogP) is 4.06. The molecule has 0 aliphatic rings. The second-order valence-electron chi connectivity index (χ2n) is 5.00. The van der Waals surface area contributed by atoms with E-state index in [1.165, 1.54) is 36.4 Å². The van der Waals surface area contributed by atoms with Gasteiger partial charge in [-0.3, -0.25) is 4.79 Å². The number of aromatic hydroxyl groups is 1. The largest absolute Gasteiger partial charge is 0.508 e. The van der Waals surface area contributed by atoms with Crippen molar-refractivity contribution in [2.24, 2.45) is 0 Å². The summed E-state index contributed by atoms with van der Waals surface area (Å²) >= 11 is 0. The minimum Gasteiger partial charge on any atom is -0.508 e. The number of halogens is 3. The minimum absolute atomic E-state index is 0.00921. The van der Waals surface area contributed by atoms with Crippen molar-refractivity contribution in [3.63, 3.8) is 0 Å². The second-order valence-corrected chi connectivity index (χ2v) is 5.00. The van der Waals surface area contributed by atoms with Crippen LogP contribution in [0, 0.1) is 11.3 Å². The smallest absolute Gasteiger partial charge is 0.450 e. The Labute approximate surface area is 133 Å². The first-order chi connectivity index (χ1) is 11.3.